The highest BCUT2D eigenvalue weighted by Gasteiger charge is 2.40. The molecule has 3 heteroatoms. The molecule has 0 saturated heterocycles. The standard InChI is InChI=1S/C16H14NO2/c1-19-9-2-3-12-14(8-9)17-13-6-4-10-11(16(12)13)5-7-15(10)18/h2-4,6,8,13,16H,5,7H2,1H3. The Hall–Kier alpha value is -2.03. The van der Waals surface area contributed by atoms with Crippen molar-refractivity contribution in [1.29, 1.82) is 0 Å². The highest BCUT2D eigenvalue weighted by molar-refractivity contribution is 6.02. The number of hydrogen-bond acceptors (Lipinski definition) is 2. The van der Waals surface area contributed by atoms with E-state index in [4.69, 9.17) is 10.1 Å². The first-order chi connectivity index (χ1) is 9.28. The number of ketones is 1. The second-order valence-corrected chi connectivity index (χ2v) is 5.24. The highest BCUT2D eigenvalue weighted by Crippen LogP contribution is 2.49. The van der Waals surface area contributed by atoms with Crippen molar-refractivity contribution in [2.45, 2.75) is 24.8 Å². The Balaban J connectivity index is 1.83. The molecule has 1 aromatic carbocycles. The van der Waals surface area contributed by atoms with Crippen molar-refractivity contribution in [3.8, 4) is 5.75 Å². The van der Waals surface area contributed by atoms with Gasteiger partial charge in [0.05, 0.1) is 18.8 Å². The molecule has 2 aliphatic carbocycles. The Morgan fingerprint density at radius 2 is 2.21 bits per heavy atom. The zero-order valence-electron chi connectivity index (χ0n) is 10.7. The lowest BCUT2D eigenvalue weighted by Crippen LogP contribution is -2.21. The van der Waals surface area contributed by atoms with Gasteiger partial charge in [0.1, 0.15) is 5.75 Å². The predicted molar refractivity (Wildman–Crippen MR) is 71.7 cm³/mol. The molecular weight excluding hydrogens is 238 g/mol. The fourth-order valence-corrected chi connectivity index (χ4v) is 3.41. The van der Waals surface area contributed by atoms with Crippen molar-refractivity contribution in [3.63, 3.8) is 0 Å². The van der Waals surface area contributed by atoms with E-state index < -0.39 is 0 Å². The molecule has 1 aliphatic heterocycles. The molecule has 3 aliphatic rings. The number of Topliss-reactive ketones (excluding diaryl/α,β-unsaturated/α-hetero) is 1. The van der Waals surface area contributed by atoms with E-state index in [0.717, 1.165) is 23.4 Å². The van der Waals surface area contributed by atoms with E-state index in [1.54, 1.807) is 7.11 Å². The molecule has 0 saturated carbocycles. The van der Waals surface area contributed by atoms with Gasteiger partial charge < -0.3 is 4.74 Å². The number of ether oxygens (including phenoxy) is 1. The maximum Gasteiger partial charge on any atom is 0.163 e. The van der Waals surface area contributed by atoms with Crippen LogP contribution in [0.5, 0.6) is 5.75 Å². The summed E-state index contributed by atoms with van der Waals surface area (Å²) in [5.41, 5.74) is 4.45. The summed E-state index contributed by atoms with van der Waals surface area (Å²) < 4.78 is 5.25. The summed E-state index contributed by atoms with van der Waals surface area (Å²) in [4.78, 5) is 11.8. The molecule has 4 rings (SSSR count). The monoisotopic (exact) mass is 252 g/mol. The van der Waals surface area contributed by atoms with Crippen LogP contribution < -0.4 is 10.1 Å². The van der Waals surface area contributed by atoms with Gasteiger partial charge in [-0.15, -0.1) is 0 Å². The average Bonchev–Trinajstić information content (AvgIpc) is 2.98. The van der Waals surface area contributed by atoms with Crippen LogP contribution >= 0.6 is 0 Å². The number of benzene rings is 1. The van der Waals surface area contributed by atoms with Gasteiger partial charge in [-0.1, -0.05) is 18.2 Å². The van der Waals surface area contributed by atoms with Gasteiger partial charge in [0.15, 0.2) is 5.78 Å². The predicted octanol–water partition coefficient (Wildman–Crippen LogP) is 2.63. The van der Waals surface area contributed by atoms with E-state index in [1.165, 1.54) is 11.1 Å². The first-order valence-electron chi connectivity index (χ1n) is 6.61. The quantitative estimate of drug-likeness (QED) is 0.770. The smallest absolute Gasteiger partial charge is 0.163 e. The second kappa shape index (κ2) is 3.73. The summed E-state index contributed by atoms with van der Waals surface area (Å²) in [5.74, 6) is 1.39. The summed E-state index contributed by atoms with van der Waals surface area (Å²) in [6.45, 7) is 0. The van der Waals surface area contributed by atoms with Crippen LogP contribution in [0, 0.1) is 0 Å². The summed E-state index contributed by atoms with van der Waals surface area (Å²) in [6, 6.07) is 6.21. The third-order valence-corrected chi connectivity index (χ3v) is 4.31. The topological polar surface area (TPSA) is 40.4 Å². The fraction of sp³-hybridized carbons (Fsp3) is 0.312. The molecule has 3 nitrogen and oxygen atoms in total. The Kier molecular flexibility index (Phi) is 2.13. The van der Waals surface area contributed by atoms with E-state index >= 15 is 0 Å². The molecule has 1 radical (unpaired) electrons. The number of allylic oxidation sites excluding steroid dienone is 2. The van der Waals surface area contributed by atoms with E-state index in [9.17, 15) is 4.79 Å². The number of carbonyl (C=O) groups is 1. The number of fused-ring (bicyclic) bond motifs is 4. The van der Waals surface area contributed by atoms with Gasteiger partial charge in [-0.25, -0.2) is 0 Å². The number of nitrogens with zero attached hydrogens (tertiary/aromatic N) is 1. The number of rotatable bonds is 1. The molecular formula is C16H14NO2. The maximum absolute atomic E-state index is 11.8. The van der Waals surface area contributed by atoms with Gasteiger partial charge in [0, 0.05) is 24.0 Å². The molecule has 19 heavy (non-hydrogen) atoms. The molecule has 2 atom stereocenters. The molecule has 0 spiro atoms. The molecule has 2 unspecified atom stereocenters. The summed E-state index contributed by atoms with van der Waals surface area (Å²) >= 11 is 0. The van der Waals surface area contributed by atoms with Gasteiger partial charge in [-0.05, 0) is 23.6 Å². The van der Waals surface area contributed by atoms with Crippen LogP contribution in [-0.4, -0.2) is 18.9 Å². The van der Waals surface area contributed by atoms with Gasteiger partial charge >= 0.3 is 0 Å². The maximum atomic E-state index is 11.8. The fourth-order valence-electron chi connectivity index (χ4n) is 3.41. The van der Waals surface area contributed by atoms with Gasteiger partial charge in [0.2, 0.25) is 0 Å². The highest BCUT2D eigenvalue weighted by atomic mass is 16.5. The van der Waals surface area contributed by atoms with E-state index in [-0.39, 0.29) is 17.7 Å². The van der Waals surface area contributed by atoms with Crippen molar-refractivity contribution >= 4 is 11.5 Å². The van der Waals surface area contributed by atoms with Crippen LogP contribution in [0.2, 0.25) is 0 Å². The first-order valence-corrected chi connectivity index (χ1v) is 6.61. The Bertz CT molecular complexity index is 642. The largest absolute Gasteiger partial charge is 0.497 e. The van der Waals surface area contributed by atoms with E-state index in [0.29, 0.717) is 6.42 Å². The first kappa shape index (κ1) is 10.9. The summed E-state index contributed by atoms with van der Waals surface area (Å²) in [7, 11) is 1.67. The third kappa shape index (κ3) is 1.41. The minimum absolute atomic E-state index is 0.159. The normalized spacial score (nSPS) is 26.9. The van der Waals surface area contributed by atoms with Crippen molar-refractivity contribution < 1.29 is 9.53 Å². The van der Waals surface area contributed by atoms with Crippen molar-refractivity contribution in [2.75, 3.05) is 7.11 Å². The lowest BCUT2D eigenvalue weighted by atomic mass is 9.82. The summed E-state index contributed by atoms with van der Waals surface area (Å²) in [5, 5.41) is 4.76. The van der Waals surface area contributed by atoms with Crippen molar-refractivity contribution in [2.24, 2.45) is 0 Å². The zero-order chi connectivity index (χ0) is 13.0. The molecule has 0 amide bonds. The van der Waals surface area contributed by atoms with Gasteiger partial charge in [-0.2, -0.15) is 0 Å². The van der Waals surface area contributed by atoms with Crippen LogP contribution in [0.25, 0.3) is 0 Å². The van der Waals surface area contributed by atoms with Crippen LogP contribution in [0.1, 0.15) is 24.3 Å². The molecule has 1 heterocycles. The Morgan fingerprint density at radius 3 is 3.05 bits per heavy atom. The van der Waals surface area contributed by atoms with Crippen LogP contribution in [0.15, 0.2) is 41.5 Å². The van der Waals surface area contributed by atoms with Crippen LogP contribution in [-0.2, 0) is 4.79 Å². The molecule has 95 valence electrons. The molecule has 0 fully saturated rings. The molecule has 0 N–H and O–H groups in total. The molecule has 0 bridgehead atoms. The van der Waals surface area contributed by atoms with Crippen molar-refractivity contribution in [1.82, 2.24) is 5.32 Å². The Labute approximate surface area is 112 Å². The van der Waals surface area contributed by atoms with Crippen LogP contribution in [0.3, 0.4) is 0 Å². The minimum atomic E-state index is 0.159. The second-order valence-electron chi connectivity index (χ2n) is 5.24. The minimum Gasteiger partial charge on any atom is -0.497 e. The molecule has 0 aromatic heterocycles. The van der Waals surface area contributed by atoms with Crippen LogP contribution in [0.4, 0.5) is 5.69 Å². The number of carbonyl (C=O) groups excluding carboxylic acids is 1. The van der Waals surface area contributed by atoms with Crippen molar-refractivity contribution in [3.05, 3.63) is 47.1 Å². The van der Waals surface area contributed by atoms with E-state index in [1.807, 2.05) is 18.2 Å². The Morgan fingerprint density at radius 1 is 1.32 bits per heavy atom. The lowest BCUT2D eigenvalue weighted by Gasteiger charge is -2.22. The number of methoxy groups -OCH3 is 1. The number of hydrogen-bond donors (Lipinski definition) is 0. The average molecular weight is 252 g/mol. The van der Waals surface area contributed by atoms with E-state index in [2.05, 4.69) is 12.1 Å². The van der Waals surface area contributed by atoms with Gasteiger partial charge in [-0.3, -0.25) is 10.1 Å². The molecule has 1 aromatic rings. The zero-order valence-corrected chi connectivity index (χ0v) is 10.7. The lowest BCUT2D eigenvalue weighted by molar-refractivity contribution is -0.114. The van der Waals surface area contributed by atoms with Gasteiger partial charge in [0.25, 0.3) is 0 Å². The SMILES string of the molecule is COc1ccc2c(c1)[N]C1C=CC3=C(CCC3=O)C21. The summed E-state index contributed by atoms with van der Waals surface area (Å²) in [6.07, 6.45) is 5.59. The third-order valence-electron chi connectivity index (χ3n) is 4.31.